The van der Waals surface area contributed by atoms with E-state index < -0.39 is 0 Å². The molecule has 0 saturated carbocycles. The molecule has 0 aliphatic carbocycles. The molecule has 2 rings (SSSR count). The van der Waals surface area contributed by atoms with E-state index in [9.17, 15) is 0 Å². The van der Waals surface area contributed by atoms with Crippen LogP contribution in [0.15, 0.2) is 53.4 Å². The molecule has 0 unspecified atom stereocenters. The summed E-state index contributed by atoms with van der Waals surface area (Å²) in [5.74, 6) is 1.54. The molecule has 0 fully saturated rings. The Labute approximate surface area is 119 Å². The first-order chi connectivity index (χ1) is 9.22. The summed E-state index contributed by atoms with van der Waals surface area (Å²) in [4.78, 5) is 1.37. The van der Waals surface area contributed by atoms with Crippen LogP contribution in [-0.4, -0.2) is 20.5 Å². The van der Waals surface area contributed by atoms with Crippen molar-refractivity contribution in [3.63, 3.8) is 0 Å². The Morgan fingerprint density at radius 3 is 1.63 bits per heavy atom. The Morgan fingerprint density at radius 1 is 0.789 bits per heavy atom. The van der Waals surface area contributed by atoms with Gasteiger partial charge < -0.3 is 9.47 Å². The Kier molecular flexibility index (Phi) is 6.90. The van der Waals surface area contributed by atoms with Gasteiger partial charge in [-0.1, -0.05) is 30.3 Å². The van der Waals surface area contributed by atoms with E-state index in [-0.39, 0.29) is 0 Å². The third kappa shape index (κ3) is 4.87. The molecular weight excluding hydrogens is 256 g/mol. The molecule has 3 heteroatoms. The minimum atomic E-state index is 0.769. The summed E-state index contributed by atoms with van der Waals surface area (Å²) in [7, 11) is 3.25. The third-order valence-electron chi connectivity index (χ3n) is 2.60. The van der Waals surface area contributed by atoms with Crippen molar-refractivity contribution < 1.29 is 9.47 Å². The van der Waals surface area contributed by atoms with E-state index in [0.29, 0.717) is 0 Å². The van der Waals surface area contributed by atoms with E-state index >= 15 is 0 Å². The third-order valence-corrected chi connectivity index (χ3v) is 3.50. The molecule has 0 aliphatic rings. The predicted molar refractivity (Wildman–Crippen MR) is 82.5 cm³/mol. The zero-order valence-corrected chi connectivity index (χ0v) is 12.7. The van der Waals surface area contributed by atoms with Gasteiger partial charge in [-0.05, 0) is 36.9 Å². The molecule has 0 spiro atoms. The highest BCUT2D eigenvalue weighted by Gasteiger charge is 1.97. The molecule has 0 heterocycles. The number of benzene rings is 2. The molecule has 2 aromatic rings. The Balaban J connectivity index is 0.000000191. The standard InChI is InChI=1S/C8H10O2.C8H10S/c1-9-7-5-3-4-6-8(7)10-2;1-7-5-3-4-6-8(7)9-2/h3-6H,1-2H3;3-6H,1-2H3. The van der Waals surface area contributed by atoms with Crippen LogP contribution in [0.25, 0.3) is 0 Å². The van der Waals surface area contributed by atoms with Crippen LogP contribution in [0.2, 0.25) is 0 Å². The van der Waals surface area contributed by atoms with Gasteiger partial charge in [0, 0.05) is 4.90 Å². The molecule has 0 atom stereocenters. The highest BCUT2D eigenvalue weighted by atomic mass is 32.2. The zero-order chi connectivity index (χ0) is 14.1. The van der Waals surface area contributed by atoms with Gasteiger partial charge in [0.25, 0.3) is 0 Å². The van der Waals surface area contributed by atoms with Crippen LogP contribution in [0, 0.1) is 6.92 Å². The predicted octanol–water partition coefficient (Wildman–Crippen LogP) is 4.42. The molecule has 0 N–H and O–H groups in total. The summed E-state index contributed by atoms with van der Waals surface area (Å²) < 4.78 is 10.0. The highest BCUT2D eigenvalue weighted by molar-refractivity contribution is 7.98. The first kappa shape index (κ1) is 15.4. The molecule has 2 aromatic carbocycles. The molecule has 0 radical (unpaired) electrons. The molecule has 0 aliphatic heterocycles. The Morgan fingerprint density at radius 2 is 1.26 bits per heavy atom. The van der Waals surface area contributed by atoms with Crippen LogP contribution < -0.4 is 9.47 Å². The van der Waals surface area contributed by atoms with Gasteiger partial charge in [-0.2, -0.15) is 0 Å². The van der Waals surface area contributed by atoms with Gasteiger partial charge >= 0.3 is 0 Å². The van der Waals surface area contributed by atoms with Crippen molar-refractivity contribution in [2.24, 2.45) is 0 Å². The second kappa shape index (κ2) is 8.48. The van der Waals surface area contributed by atoms with E-state index in [0.717, 1.165) is 11.5 Å². The van der Waals surface area contributed by atoms with Gasteiger partial charge in [0.1, 0.15) is 0 Å². The van der Waals surface area contributed by atoms with E-state index in [1.54, 1.807) is 26.0 Å². The fourth-order valence-electron chi connectivity index (χ4n) is 1.57. The van der Waals surface area contributed by atoms with Crippen molar-refractivity contribution in [2.45, 2.75) is 11.8 Å². The van der Waals surface area contributed by atoms with Crippen LogP contribution in [-0.2, 0) is 0 Å². The minimum Gasteiger partial charge on any atom is -0.493 e. The van der Waals surface area contributed by atoms with Gasteiger partial charge in [-0.15, -0.1) is 11.8 Å². The topological polar surface area (TPSA) is 18.5 Å². The second-order valence-electron chi connectivity index (χ2n) is 3.82. The normalized spacial score (nSPS) is 9.26. The number of hydrogen-bond donors (Lipinski definition) is 0. The number of ether oxygens (including phenoxy) is 2. The minimum absolute atomic E-state index is 0.769. The number of para-hydroxylation sites is 2. The summed E-state index contributed by atoms with van der Waals surface area (Å²) in [5.41, 5.74) is 1.37. The van der Waals surface area contributed by atoms with Gasteiger partial charge in [-0.3, -0.25) is 0 Å². The quantitative estimate of drug-likeness (QED) is 0.773. The largest absolute Gasteiger partial charge is 0.493 e. The Hall–Kier alpha value is -1.61. The number of thioether (sulfide) groups is 1. The van der Waals surface area contributed by atoms with Crippen LogP contribution in [0.5, 0.6) is 11.5 Å². The lowest BCUT2D eigenvalue weighted by Gasteiger charge is -2.04. The summed E-state index contributed by atoms with van der Waals surface area (Å²) in [6.07, 6.45) is 2.10. The summed E-state index contributed by atoms with van der Waals surface area (Å²) in [6.45, 7) is 2.13. The van der Waals surface area contributed by atoms with Gasteiger partial charge in [0.15, 0.2) is 11.5 Å². The van der Waals surface area contributed by atoms with Crippen LogP contribution >= 0.6 is 11.8 Å². The Bertz CT molecular complexity index is 475. The smallest absolute Gasteiger partial charge is 0.160 e. The number of methoxy groups -OCH3 is 2. The van der Waals surface area contributed by atoms with E-state index in [1.807, 2.05) is 24.3 Å². The maximum absolute atomic E-state index is 5.01. The number of hydrogen-bond acceptors (Lipinski definition) is 3. The van der Waals surface area contributed by atoms with Gasteiger partial charge in [0.05, 0.1) is 14.2 Å². The fraction of sp³-hybridized carbons (Fsp3) is 0.250. The molecule has 19 heavy (non-hydrogen) atoms. The first-order valence-electron chi connectivity index (χ1n) is 5.99. The molecule has 0 aromatic heterocycles. The first-order valence-corrected chi connectivity index (χ1v) is 7.22. The molecule has 102 valence electrons. The van der Waals surface area contributed by atoms with Crippen LogP contribution in [0.3, 0.4) is 0 Å². The molecular formula is C16H20O2S. The van der Waals surface area contributed by atoms with E-state index in [4.69, 9.17) is 9.47 Å². The maximum atomic E-state index is 5.01. The van der Waals surface area contributed by atoms with Crippen molar-refractivity contribution in [1.82, 2.24) is 0 Å². The lowest BCUT2D eigenvalue weighted by molar-refractivity contribution is 0.355. The lowest BCUT2D eigenvalue weighted by Crippen LogP contribution is -1.88. The van der Waals surface area contributed by atoms with Crippen molar-refractivity contribution >= 4 is 11.8 Å². The van der Waals surface area contributed by atoms with Crippen molar-refractivity contribution in [2.75, 3.05) is 20.5 Å². The highest BCUT2D eigenvalue weighted by Crippen LogP contribution is 2.24. The van der Waals surface area contributed by atoms with E-state index in [1.165, 1.54) is 10.5 Å². The molecule has 0 saturated heterocycles. The number of rotatable bonds is 3. The maximum Gasteiger partial charge on any atom is 0.160 e. The zero-order valence-electron chi connectivity index (χ0n) is 11.8. The average Bonchev–Trinajstić information content (AvgIpc) is 2.48. The van der Waals surface area contributed by atoms with Crippen LogP contribution in [0.4, 0.5) is 0 Å². The van der Waals surface area contributed by atoms with Crippen molar-refractivity contribution in [1.29, 1.82) is 0 Å². The summed E-state index contributed by atoms with van der Waals surface area (Å²) in [5, 5.41) is 0. The second-order valence-corrected chi connectivity index (χ2v) is 4.67. The monoisotopic (exact) mass is 276 g/mol. The SMILES string of the molecule is COc1ccccc1OC.CSc1ccccc1C. The summed E-state index contributed by atoms with van der Waals surface area (Å²) >= 11 is 1.80. The van der Waals surface area contributed by atoms with Crippen molar-refractivity contribution in [3.8, 4) is 11.5 Å². The van der Waals surface area contributed by atoms with Gasteiger partial charge in [-0.25, -0.2) is 0 Å². The van der Waals surface area contributed by atoms with Crippen molar-refractivity contribution in [3.05, 3.63) is 54.1 Å². The van der Waals surface area contributed by atoms with Crippen LogP contribution in [0.1, 0.15) is 5.56 Å². The lowest BCUT2D eigenvalue weighted by atomic mass is 10.2. The van der Waals surface area contributed by atoms with E-state index in [2.05, 4.69) is 37.4 Å². The fourth-order valence-corrected chi connectivity index (χ4v) is 2.18. The van der Waals surface area contributed by atoms with Gasteiger partial charge in [0.2, 0.25) is 0 Å². The molecule has 0 amide bonds. The molecule has 0 bridgehead atoms. The average molecular weight is 276 g/mol. The summed E-state index contributed by atoms with van der Waals surface area (Å²) in [6, 6.07) is 15.9. The number of aryl methyl sites for hydroxylation is 1. The molecule has 2 nitrogen and oxygen atoms in total.